The second-order valence-electron chi connectivity index (χ2n) is 5.62. The van der Waals surface area contributed by atoms with Gasteiger partial charge in [-0.3, -0.25) is 0 Å². The number of rotatable bonds is 5. The third-order valence-electron chi connectivity index (χ3n) is 4.19. The SMILES string of the molecule is c1ccc2c(c1)oc1cccc(OCCCN3CCC3)c12. The first-order chi connectivity index (χ1) is 10.4. The molecule has 0 amide bonds. The van der Waals surface area contributed by atoms with Crippen LogP contribution in [0.25, 0.3) is 21.9 Å². The van der Waals surface area contributed by atoms with Crippen molar-refractivity contribution in [3.8, 4) is 5.75 Å². The third kappa shape index (κ3) is 2.38. The monoisotopic (exact) mass is 281 g/mol. The molecule has 4 rings (SSSR count). The minimum absolute atomic E-state index is 0.759. The fourth-order valence-electron chi connectivity index (χ4n) is 2.94. The molecule has 0 aliphatic carbocycles. The lowest BCUT2D eigenvalue weighted by Gasteiger charge is -2.30. The van der Waals surface area contributed by atoms with E-state index >= 15 is 0 Å². The van der Waals surface area contributed by atoms with Crippen LogP contribution in [0, 0.1) is 0 Å². The summed E-state index contributed by atoms with van der Waals surface area (Å²) in [6.45, 7) is 4.40. The predicted molar refractivity (Wildman–Crippen MR) is 84.9 cm³/mol. The van der Waals surface area contributed by atoms with E-state index in [1.807, 2.05) is 36.4 Å². The van der Waals surface area contributed by atoms with Gasteiger partial charge < -0.3 is 14.1 Å². The predicted octanol–water partition coefficient (Wildman–Crippen LogP) is 4.06. The Bertz CT molecular complexity index is 758. The second kappa shape index (κ2) is 5.41. The van der Waals surface area contributed by atoms with Crippen molar-refractivity contribution in [3.63, 3.8) is 0 Å². The molecule has 0 N–H and O–H groups in total. The fourth-order valence-corrected chi connectivity index (χ4v) is 2.94. The van der Waals surface area contributed by atoms with Gasteiger partial charge in [-0.2, -0.15) is 0 Å². The number of furan rings is 1. The van der Waals surface area contributed by atoms with Gasteiger partial charge in [0, 0.05) is 11.9 Å². The van der Waals surface area contributed by atoms with Crippen LogP contribution in [-0.4, -0.2) is 31.1 Å². The molecule has 1 fully saturated rings. The van der Waals surface area contributed by atoms with Gasteiger partial charge in [0.1, 0.15) is 16.9 Å². The largest absolute Gasteiger partial charge is 0.493 e. The molecule has 2 heterocycles. The van der Waals surface area contributed by atoms with Crippen LogP contribution in [0.4, 0.5) is 0 Å². The number of likely N-dealkylation sites (tertiary alicyclic amines) is 1. The first-order valence-electron chi connectivity index (χ1n) is 7.67. The molecule has 0 atom stereocenters. The molecule has 1 aromatic heterocycles. The highest BCUT2D eigenvalue weighted by atomic mass is 16.5. The van der Waals surface area contributed by atoms with Gasteiger partial charge in [0.15, 0.2) is 0 Å². The van der Waals surface area contributed by atoms with Gasteiger partial charge >= 0.3 is 0 Å². The zero-order chi connectivity index (χ0) is 14.1. The number of hydrogen-bond acceptors (Lipinski definition) is 3. The summed E-state index contributed by atoms with van der Waals surface area (Å²) in [5.41, 5.74) is 1.82. The van der Waals surface area contributed by atoms with Crippen LogP contribution in [0.3, 0.4) is 0 Å². The number of benzene rings is 2. The molecule has 0 unspecified atom stereocenters. The third-order valence-corrected chi connectivity index (χ3v) is 4.19. The summed E-state index contributed by atoms with van der Waals surface area (Å²) in [7, 11) is 0. The van der Waals surface area contributed by atoms with E-state index in [4.69, 9.17) is 9.15 Å². The molecule has 2 aromatic carbocycles. The Morgan fingerprint density at radius 1 is 1.00 bits per heavy atom. The van der Waals surface area contributed by atoms with E-state index in [2.05, 4.69) is 11.0 Å². The number of fused-ring (bicyclic) bond motifs is 3. The minimum Gasteiger partial charge on any atom is -0.493 e. The van der Waals surface area contributed by atoms with Crippen molar-refractivity contribution in [3.05, 3.63) is 42.5 Å². The second-order valence-corrected chi connectivity index (χ2v) is 5.62. The average molecular weight is 281 g/mol. The van der Waals surface area contributed by atoms with Crippen molar-refractivity contribution in [1.29, 1.82) is 0 Å². The molecule has 0 saturated carbocycles. The molecule has 0 radical (unpaired) electrons. The summed E-state index contributed by atoms with van der Waals surface area (Å²) >= 11 is 0. The fraction of sp³-hybridized carbons (Fsp3) is 0.333. The van der Waals surface area contributed by atoms with Crippen LogP contribution in [-0.2, 0) is 0 Å². The highest BCUT2D eigenvalue weighted by Gasteiger charge is 2.13. The van der Waals surface area contributed by atoms with Crippen molar-refractivity contribution in [2.24, 2.45) is 0 Å². The van der Waals surface area contributed by atoms with Crippen molar-refractivity contribution in [1.82, 2.24) is 4.90 Å². The van der Waals surface area contributed by atoms with Gasteiger partial charge in [0.25, 0.3) is 0 Å². The number of hydrogen-bond donors (Lipinski definition) is 0. The lowest BCUT2D eigenvalue weighted by Crippen LogP contribution is -2.38. The molecule has 0 spiro atoms. The molecule has 3 heteroatoms. The van der Waals surface area contributed by atoms with Gasteiger partial charge in [0.2, 0.25) is 0 Å². The average Bonchev–Trinajstić information content (AvgIpc) is 2.84. The summed E-state index contributed by atoms with van der Waals surface area (Å²) in [6.07, 6.45) is 2.42. The molecule has 1 saturated heterocycles. The maximum atomic E-state index is 6.02. The van der Waals surface area contributed by atoms with Gasteiger partial charge in [-0.05, 0) is 44.1 Å². The Hall–Kier alpha value is -2.00. The standard InChI is InChI=1S/C18H19NO2/c1-2-7-15-14(6-1)18-16(8-3-9-17(18)21-15)20-13-5-12-19-10-4-11-19/h1-3,6-9H,4-5,10-13H2. The number of ether oxygens (including phenoxy) is 1. The summed E-state index contributed by atoms with van der Waals surface area (Å²) in [4.78, 5) is 2.47. The molecule has 21 heavy (non-hydrogen) atoms. The first-order valence-corrected chi connectivity index (χ1v) is 7.67. The lowest BCUT2D eigenvalue weighted by atomic mass is 10.1. The van der Waals surface area contributed by atoms with E-state index in [9.17, 15) is 0 Å². The molecular formula is C18H19NO2. The zero-order valence-corrected chi connectivity index (χ0v) is 12.0. The Kier molecular flexibility index (Phi) is 3.28. The van der Waals surface area contributed by atoms with Crippen molar-refractivity contribution in [2.45, 2.75) is 12.8 Å². The summed E-state index contributed by atoms with van der Waals surface area (Å²) in [5.74, 6) is 0.932. The minimum atomic E-state index is 0.759. The van der Waals surface area contributed by atoms with E-state index in [-0.39, 0.29) is 0 Å². The Labute approximate surface area is 124 Å². The number of nitrogens with zero attached hydrogens (tertiary/aromatic N) is 1. The Morgan fingerprint density at radius 2 is 1.86 bits per heavy atom. The quantitative estimate of drug-likeness (QED) is 0.659. The summed E-state index contributed by atoms with van der Waals surface area (Å²) in [6, 6.07) is 14.2. The van der Waals surface area contributed by atoms with Gasteiger partial charge in [-0.25, -0.2) is 0 Å². The van der Waals surface area contributed by atoms with E-state index in [0.717, 1.165) is 47.3 Å². The first kappa shape index (κ1) is 12.7. The van der Waals surface area contributed by atoms with E-state index in [1.165, 1.54) is 19.5 Å². The van der Waals surface area contributed by atoms with Gasteiger partial charge in [0.05, 0.1) is 12.0 Å². The lowest BCUT2D eigenvalue weighted by molar-refractivity contribution is 0.166. The Morgan fingerprint density at radius 3 is 2.71 bits per heavy atom. The highest BCUT2D eigenvalue weighted by molar-refractivity contribution is 6.08. The normalized spacial score (nSPS) is 15.4. The van der Waals surface area contributed by atoms with Crippen LogP contribution in [0.2, 0.25) is 0 Å². The summed E-state index contributed by atoms with van der Waals surface area (Å²) < 4.78 is 11.9. The van der Waals surface area contributed by atoms with Crippen molar-refractivity contribution in [2.75, 3.05) is 26.2 Å². The molecule has 3 nitrogen and oxygen atoms in total. The maximum absolute atomic E-state index is 6.02. The smallest absolute Gasteiger partial charge is 0.139 e. The van der Waals surface area contributed by atoms with Gasteiger partial charge in [-0.1, -0.05) is 24.3 Å². The topological polar surface area (TPSA) is 25.6 Å². The molecule has 108 valence electrons. The van der Waals surface area contributed by atoms with Crippen LogP contribution in [0.1, 0.15) is 12.8 Å². The van der Waals surface area contributed by atoms with Crippen molar-refractivity contribution >= 4 is 21.9 Å². The number of para-hydroxylation sites is 1. The van der Waals surface area contributed by atoms with Crippen LogP contribution in [0.15, 0.2) is 46.9 Å². The van der Waals surface area contributed by atoms with E-state index < -0.39 is 0 Å². The molecule has 3 aromatic rings. The van der Waals surface area contributed by atoms with Crippen molar-refractivity contribution < 1.29 is 9.15 Å². The molecular weight excluding hydrogens is 262 g/mol. The van der Waals surface area contributed by atoms with E-state index in [0.29, 0.717) is 0 Å². The molecule has 0 bridgehead atoms. The van der Waals surface area contributed by atoms with Crippen LogP contribution in [0.5, 0.6) is 5.75 Å². The maximum Gasteiger partial charge on any atom is 0.139 e. The summed E-state index contributed by atoms with van der Waals surface area (Å²) in [5, 5.41) is 2.22. The highest BCUT2D eigenvalue weighted by Crippen LogP contribution is 2.35. The van der Waals surface area contributed by atoms with Gasteiger partial charge in [-0.15, -0.1) is 0 Å². The molecule has 1 aliphatic rings. The van der Waals surface area contributed by atoms with Crippen LogP contribution >= 0.6 is 0 Å². The molecule has 1 aliphatic heterocycles. The Balaban J connectivity index is 1.56. The zero-order valence-electron chi connectivity index (χ0n) is 12.0. The van der Waals surface area contributed by atoms with Crippen LogP contribution < -0.4 is 4.74 Å². The van der Waals surface area contributed by atoms with E-state index in [1.54, 1.807) is 0 Å².